The summed E-state index contributed by atoms with van der Waals surface area (Å²) in [5.41, 5.74) is 5.30. The van der Waals surface area contributed by atoms with Gasteiger partial charge in [0.05, 0.1) is 0 Å². The Morgan fingerprint density at radius 3 is 2.82 bits per heavy atom. The van der Waals surface area contributed by atoms with Crippen molar-refractivity contribution in [3.63, 3.8) is 0 Å². The zero-order valence-corrected chi connectivity index (χ0v) is 10.3. The first-order valence-electron chi connectivity index (χ1n) is 5.79. The van der Waals surface area contributed by atoms with Crippen LogP contribution in [0.5, 0.6) is 0 Å². The highest BCUT2D eigenvalue weighted by Gasteiger charge is 2.18. The van der Waals surface area contributed by atoms with E-state index in [0.717, 1.165) is 24.1 Å². The van der Waals surface area contributed by atoms with Crippen LogP contribution in [-0.2, 0) is 11.2 Å². The molecule has 1 N–H and O–H groups in total. The Morgan fingerprint density at radius 1 is 1.35 bits per heavy atom. The molecule has 0 unspecified atom stereocenters. The highest BCUT2D eigenvalue weighted by molar-refractivity contribution is 5.96. The number of amides is 1. The lowest BCUT2D eigenvalue weighted by atomic mass is 9.93. The van der Waals surface area contributed by atoms with E-state index in [-0.39, 0.29) is 5.91 Å². The summed E-state index contributed by atoms with van der Waals surface area (Å²) >= 11 is 0. The fourth-order valence-corrected chi connectivity index (χ4v) is 2.11. The van der Waals surface area contributed by atoms with Gasteiger partial charge in [-0.2, -0.15) is 0 Å². The molecule has 0 saturated carbocycles. The number of aryl methyl sites for hydroxylation is 1. The van der Waals surface area contributed by atoms with Gasteiger partial charge >= 0.3 is 0 Å². The van der Waals surface area contributed by atoms with Crippen molar-refractivity contribution in [3.8, 4) is 0 Å². The summed E-state index contributed by atoms with van der Waals surface area (Å²) in [5, 5.41) is 2.76. The van der Waals surface area contributed by atoms with Gasteiger partial charge in [-0.15, -0.1) is 0 Å². The first-order valence-corrected chi connectivity index (χ1v) is 5.79. The molecule has 0 aromatic heterocycles. The lowest BCUT2D eigenvalue weighted by Gasteiger charge is -2.20. The number of hydrogen-bond donors (Lipinski definition) is 1. The Kier molecular flexibility index (Phi) is 3.14. The molecule has 88 valence electrons. The SMILES string of the molecule is C=C1CC(Cc2cccc(C)c2)=C(C)C(=O)N1. The second-order valence-electron chi connectivity index (χ2n) is 4.63. The summed E-state index contributed by atoms with van der Waals surface area (Å²) in [6.07, 6.45) is 1.60. The molecule has 0 fully saturated rings. The minimum Gasteiger partial charge on any atom is -0.326 e. The van der Waals surface area contributed by atoms with E-state index in [0.29, 0.717) is 0 Å². The summed E-state index contributed by atoms with van der Waals surface area (Å²) in [7, 11) is 0. The van der Waals surface area contributed by atoms with Crippen LogP contribution in [0.2, 0.25) is 0 Å². The van der Waals surface area contributed by atoms with Crippen LogP contribution in [0.3, 0.4) is 0 Å². The number of carbonyl (C=O) groups is 1. The molecule has 2 heteroatoms. The van der Waals surface area contributed by atoms with Gasteiger partial charge in [-0.05, 0) is 25.8 Å². The van der Waals surface area contributed by atoms with E-state index < -0.39 is 0 Å². The second kappa shape index (κ2) is 4.58. The lowest BCUT2D eigenvalue weighted by molar-refractivity contribution is -0.117. The van der Waals surface area contributed by atoms with Gasteiger partial charge in [0.1, 0.15) is 0 Å². The number of allylic oxidation sites excluding steroid dienone is 1. The van der Waals surface area contributed by atoms with Gasteiger partial charge < -0.3 is 5.32 Å². The topological polar surface area (TPSA) is 29.1 Å². The minimum atomic E-state index is -0.0103. The highest BCUT2D eigenvalue weighted by Crippen LogP contribution is 2.22. The summed E-state index contributed by atoms with van der Waals surface area (Å²) in [5.74, 6) is -0.0103. The number of carbonyl (C=O) groups excluding carboxylic acids is 1. The second-order valence-corrected chi connectivity index (χ2v) is 4.63. The molecule has 1 heterocycles. The van der Waals surface area contributed by atoms with Crippen molar-refractivity contribution in [1.82, 2.24) is 5.32 Å². The first kappa shape index (κ1) is 11.6. The van der Waals surface area contributed by atoms with Gasteiger partial charge in [0.2, 0.25) is 0 Å². The van der Waals surface area contributed by atoms with Crippen LogP contribution in [0.4, 0.5) is 0 Å². The molecule has 0 atom stereocenters. The van der Waals surface area contributed by atoms with Crippen molar-refractivity contribution in [2.45, 2.75) is 26.7 Å². The molecule has 0 aliphatic carbocycles. The van der Waals surface area contributed by atoms with Crippen molar-refractivity contribution >= 4 is 5.91 Å². The van der Waals surface area contributed by atoms with Crippen LogP contribution in [0, 0.1) is 6.92 Å². The molecule has 1 aromatic rings. The van der Waals surface area contributed by atoms with E-state index in [1.54, 1.807) is 0 Å². The molecule has 0 spiro atoms. The maximum Gasteiger partial charge on any atom is 0.251 e. The highest BCUT2D eigenvalue weighted by atomic mass is 16.1. The van der Waals surface area contributed by atoms with Crippen LogP contribution >= 0.6 is 0 Å². The summed E-state index contributed by atoms with van der Waals surface area (Å²) < 4.78 is 0. The number of hydrogen-bond acceptors (Lipinski definition) is 1. The van der Waals surface area contributed by atoms with Crippen molar-refractivity contribution in [2.75, 3.05) is 0 Å². The smallest absolute Gasteiger partial charge is 0.251 e. The quantitative estimate of drug-likeness (QED) is 0.827. The first-order chi connectivity index (χ1) is 8.06. The number of rotatable bonds is 2. The Hall–Kier alpha value is -1.83. The molecule has 1 aromatic carbocycles. The van der Waals surface area contributed by atoms with Crippen LogP contribution in [0.1, 0.15) is 24.5 Å². The summed E-state index contributed by atoms with van der Waals surface area (Å²) in [6, 6.07) is 8.40. The Bertz CT molecular complexity index is 511. The van der Waals surface area contributed by atoms with E-state index in [4.69, 9.17) is 0 Å². The Balaban J connectivity index is 2.26. The maximum atomic E-state index is 11.6. The average Bonchev–Trinajstić information content (AvgIpc) is 2.25. The van der Waals surface area contributed by atoms with E-state index in [9.17, 15) is 4.79 Å². The average molecular weight is 227 g/mol. The van der Waals surface area contributed by atoms with E-state index in [2.05, 4.69) is 43.1 Å². The van der Waals surface area contributed by atoms with Gasteiger partial charge in [0.15, 0.2) is 0 Å². The molecule has 2 nitrogen and oxygen atoms in total. The summed E-state index contributed by atoms with van der Waals surface area (Å²) in [4.78, 5) is 11.6. The van der Waals surface area contributed by atoms with Gasteiger partial charge in [-0.25, -0.2) is 0 Å². The molecule has 1 amide bonds. The van der Waals surface area contributed by atoms with Gasteiger partial charge in [0, 0.05) is 17.7 Å². The predicted molar refractivity (Wildman–Crippen MR) is 69.5 cm³/mol. The lowest BCUT2D eigenvalue weighted by Crippen LogP contribution is -2.28. The molecule has 17 heavy (non-hydrogen) atoms. The molecular weight excluding hydrogens is 210 g/mol. The Labute approximate surface area is 102 Å². The maximum absolute atomic E-state index is 11.6. The molecule has 0 saturated heterocycles. The molecule has 0 radical (unpaired) electrons. The molecule has 2 rings (SSSR count). The van der Waals surface area contributed by atoms with Crippen LogP contribution in [-0.4, -0.2) is 5.91 Å². The van der Waals surface area contributed by atoms with E-state index in [1.807, 2.05) is 6.92 Å². The van der Waals surface area contributed by atoms with Gasteiger partial charge in [-0.3, -0.25) is 4.79 Å². The normalized spacial score (nSPS) is 16.1. The van der Waals surface area contributed by atoms with Gasteiger partial charge in [0.25, 0.3) is 5.91 Å². The number of benzene rings is 1. The molecule has 0 bridgehead atoms. The van der Waals surface area contributed by atoms with E-state index in [1.165, 1.54) is 16.7 Å². The van der Waals surface area contributed by atoms with Crippen molar-refractivity contribution in [2.24, 2.45) is 0 Å². The zero-order chi connectivity index (χ0) is 12.4. The van der Waals surface area contributed by atoms with Crippen molar-refractivity contribution < 1.29 is 4.79 Å². The fourth-order valence-electron chi connectivity index (χ4n) is 2.11. The third kappa shape index (κ3) is 2.64. The fraction of sp³-hybridized carbons (Fsp3) is 0.267. The minimum absolute atomic E-state index is 0.0103. The van der Waals surface area contributed by atoms with Crippen LogP contribution in [0.15, 0.2) is 47.7 Å². The van der Waals surface area contributed by atoms with E-state index >= 15 is 0 Å². The van der Waals surface area contributed by atoms with Gasteiger partial charge in [-0.1, -0.05) is 42.0 Å². The van der Waals surface area contributed by atoms with Crippen LogP contribution < -0.4 is 5.32 Å². The third-order valence-corrected chi connectivity index (χ3v) is 3.09. The largest absolute Gasteiger partial charge is 0.326 e. The van der Waals surface area contributed by atoms with Crippen LogP contribution in [0.25, 0.3) is 0 Å². The standard InChI is InChI=1S/C15H17NO/c1-10-5-4-6-13(7-10)9-14-8-11(2)16-15(17)12(14)3/h4-7H,2,8-9H2,1,3H3,(H,16,17). The zero-order valence-electron chi connectivity index (χ0n) is 10.3. The predicted octanol–water partition coefficient (Wildman–Crippen LogP) is 2.89. The molecule has 1 aliphatic rings. The summed E-state index contributed by atoms with van der Waals surface area (Å²) in [6.45, 7) is 7.80. The molecular formula is C15H17NO. The number of nitrogens with one attached hydrogen (secondary N) is 1. The molecule has 1 aliphatic heterocycles. The van der Waals surface area contributed by atoms with Crippen molar-refractivity contribution in [1.29, 1.82) is 0 Å². The van der Waals surface area contributed by atoms with Crippen molar-refractivity contribution in [3.05, 3.63) is 58.8 Å². The monoisotopic (exact) mass is 227 g/mol. The third-order valence-electron chi connectivity index (χ3n) is 3.09. The Morgan fingerprint density at radius 2 is 2.12 bits per heavy atom.